The van der Waals surface area contributed by atoms with E-state index in [2.05, 4.69) is 25.3 Å². The molecule has 0 spiro atoms. The summed E-state index contributed by atoms with van der Waals surface area (Å²) in [7, 11) is 0. The van der Waals surface area contributed by atoms with Gasteiger partial charge in [0, 0.05) is 25.5 Å². The van der Waals surface area contributed by atoms with E-state index in [9.17, 15) is 44.3 Å². The quantitative estimate of drug-likeness (QED) is 0.218. The fourth-order valence-corrected chi connectivity index (χ4v) is 3.09. The highest BCUT2D eigenvalue weighted by molar-refractivity contribution is 6.03. The fraction of sp³-hybridized carbons (Fsp3) is 0.375. The van der Waals surface area contributed by atoms with Gasteiger partial charge in [-0.1, -0.05) is 12.8 Å². The molecule has 4 rings (SSSR count). The first-order chi connectivity index (χ1) is 21.3. The molecule has 0 aromatic carbocycles. The maximum atomic E-state index is 12.2. The zero-order valence-corrected chi connectivity index (χ0v) is 23.1. The minimum Gasteiger partial charge on any atom is -0.483 e. The lowest BCUT2D eigenvalue weighted by Gasteiger charge is -2.20. The highest BCUT2D eigenvalue weighted by atomic mass is 19.5. The van der Waals surface area contributed by atoms with E-state index in [-0.39, 0.29) is 18.9 Å². The molecule has 0 atom stereocenters. The van der Waals surface area contributed by atoms with Gasteiger partial charge in [-0.2, -0.15) is 39.5 Å². The third-order valence-electron chi connectivity index (χ3n) is 4.97. The number of fused-ring (bicyclic) bond motifs is 1. The van der Waals surface area contributed by atoms with Crippen molar-refractivity contribution in [2.75, 3.05) is 23.3 Å². The highest BCUT2D eigenvalue weighted by Crippen LogP contribution is 2.35. The number of rotatable bonds is 3. The van der Waals surface area contributed by atoms with Crippen LogP contribution in [0.3, 0.4) is 0 Å². The van der Waals surface area contributed by atoms with Crippen LogP contribution >= 0.6 is 0 Å². The molecular formula is C24H25F9N6O7. The van der Waals surface area contributed by atoms with Crippen LogP contribution in [0.5, 0.6) is 0 Å². The summed E-state index contributed by atoms with van der Waals surface area (Å²) in [4.78, 5) is 48.5. The Balaban J connectivity index is 0.000000794. The van der Waals surface area contributed by atoms with Crippen LogP contribution in [-0.2, 0) is 14.4 Å². The Morgan fingerprint density at radius 3 is 1.76 bits per heavy atom. The number of aromatic nitrogens is 4. The highest BCUT2D eigenvalue weighted by Gasteiger charge is 2.58. The molecule has 3 aromatic heterocycles. The molecular weight excluding hydrogens is 655 g/mol. The van der Waals surface area contributed by atoms with E-state index in [1.807, 2.05) is 12.1 Å². The number of aliphatic carboxylic acids is 1. The number of carboxylic acid groups (broad SMARTS) is 3. The molecule has 4 N–H and O–H groups in total. The SMILES string of the molecule is FC(F)(F)C(F)(F)F.O=C(Nc1cn2nc(N3CCCCCC3)ccc2n1)c1cccnc1.O=C(O)C(F)(F)F.O=CO.O=CO. The van der Waals surface area contributed by atoms with E-state index in [1.165, 1.54) is 31.9 Å². The molecule has 1 saturated heterocycles. The smallest absolute Gasteiger partial charge is 0.483 e. The molecule has 13 nitrogen and oxygen atoms in total. The molecule has 3 aromatic rings. The van der Waals surface area contributed by atoms with E-state index in [1.54, 1.807) is 29.0 Å². The predicted molar refractivity (Wildman–Crippen MR) is 139 cm³/mol. The Morgan fingerprint density at radius 2 is 1.35 bits per heavy atom. The zero-order chi connectivity index (χ0) is 35.6. The van der Waals surface area contributed by atoms with Crippen molar-refractivity contribution in [3.05, 3.63) is 48.4 Å². The molecule has 0 saturated carbocycles. The number of alkyl halides is 9. The van der Waals surface area contributed by atoms with Gasteiger partial charge in [0.1, 0.15) is 5.82 Å². The summed E-state index contributed by atoms with van der Waals surface area (Å²) in [6.07, 6.45) is -7.32. The number of anilines is 2. The second-order valence-electron chi connectivity index (χ2n) is 8.23. The Bertz CT molecular complexity index is 1340. The largest absolute Gasteiger partial charge is 0.490 e. The lowest BCUT2D eigenvalue weighted by molar-refractivity contribution is -0.339. The Kier molecular flexibility index (Phi) is 17.1. The van der Waals surface area contributed by atoms with Crippen LogP contribution in [0.25, 0.3) is 5.65 Å². The van der Waals surface area contributed by atoms with E-state index < -0.39 is 24.5 Å². The average molecular weight is 680 g/mol. The molecule has 1 amide bonds. The summed E-state index contributed by atoms with van der Waals surface area (Å²) < 4.78 is 96.1. The van der Waals surface area contributed by atoms with Gasteiger partial charge in [0.05, 0.1) is 11.8 Å². The van der Waals surface area contributed by atoms with Crippen molar-refractivity contribution in [1.29, 1.82) is 0 Å². The van der Waals surface area contributed by atoms with Crippen molar-refractivity contribution in [1.82, 2.24) is 19.6 Å². The van der Waals surface area contributed by atoms with E-state index >= 15 is 0 Å². The van der Waals surface area contributed by atoms with Crippen LogP contribution in [0.15, 0.2) is 42.9 Å². The lowest BCUT2D eigenvalue weighted by Crippen LogP contribution is -2.30. The molecule has 0 radical (unpaired) electrons. The van der Waals surface area contributed by atoms with Crippen molar-refractivity contribution in [3.63, 3.8) is 0 Å². The zero-order valence-electron chi connectivity index (χ0n) is 23.1. The molecule has 1 aliphatic heterocycles. The van der Waals surface area contributed by atoms with Gasteiger partial charge >= 0.3 is 24.5 Å². The maximum Gasteiger partial charge on any atom is 0.490 e. The molecule has 1 aliphatic rings. The molecule has 256 valence electrons. The fourth-order valence-electron chi connectivity index (χ4n) is 3.09. The van der Waals surface area contributed by atoms with Crippen molar-refractivity contribution < 1.29 is 74.0 Å². The number of amides is 1. The third-order valence-corrected chi connectivity index (χ3v) is 4.97. The monoisotopic (exact) mass is 680 g/mol. The number of carbonyl (C=O) groups excluding carboxylic acids is 1. The summed E-state index contributed by atoms with van der Waals surface area (Å²) >= 11 is 0. The number of imidazole rings is 1. The van der Waals surface area contributed by atoms with E-state index in [0.717, 1.165) is 18.9 Å². The number of pyridine rings is 1. The van der Waals surface area contributed by atoms with Crippen molar-refractivity contribution in [2.45, 2.75) is 44.2 Å². The standard InChI is InChI=1S/C18H20N6O.C2F6.C2HF3O2.2CH2O2/c25-18(14-6-5-9-19-12-14)21-15-13-24-16(20-15)7-8-17(22-24)23-10-3-1-2-4-11-23;3-1(4,5)2(6,7)8;3-2(4,5)1(6)7;2*2-1-3/h5-9,12-13H,1-4,10-11H2,(H,21,25);;(H,6,7);2*1H,(H,2,3). The van der Waals surface area contributed by atoms with Gasteiger partial charge in [0.25, 0.3) is 18.9 Å². The number of hydrogen-bond acceptors (Lipinski definition) is 8. The number of nitrogens with one attached hydrogen (secondary N) is 1. The van der Waals surface area contributed by atoms with Crippen LogP contribution < -0.4 is 10.2 Å². The van der Waals surface area contributed by atoms with Crippen molar-refractivity contribution in [2.24, 2.45) is 0 Å². The first kappa shape index (κ1) is 40.8. The number of carbonyl (C=O) groups is 4. The normalized spacial score (nSPS) is 12.9. The van der Waals surface area contributed by atoms with Crippen LogP contribution in [-0.4, -0.2) is 91.3 Å². The number of halogens is 9. The topological polar surface area (TPSA) is 187 Å². The summed E-state index contributed by atoms with van der Waals surface area (Å²) in [5, 5.41) is 28.4. The molecule has 1 fully saturated rings. The minimum atomic E-state index is -6.06. The second kappa shape index (κ2) is 19.3. The van der Waals surface area contributed by atoms with Gasteiger partial charge in [-0.15, -0.1) is 5.10 Å². The van der Waals surface area contributed by atoms with Crippen LogP contribution in [0.4, 0.5) is 51.1 Å². The van der Waals surface area contributed by atoms with Crippen molar-refractivity contribution >= 4 is 42.1 Å². The molecule has 4 heterocycles. The summed E-state index contributed by atoms with van der Waals surface area (Å²) in [5.41, 5.74) is 1.21. The first-order valence-electron chi connectivity index (χ1n) is 12.2. The van der Waals surface area contributed by atoms with Crippen LogP contribution in [0, 0.1) is 0 Å². The number of hydrogen-bond donors (Lipinski definition) is 4. The van der Waals surface area contributed by atoms with Gasteiger partial charge < -0.3 is 25.5 Å². The van der Waals surface area contributed by atoms with Gasteiger partial charge in [0.2, 0.25) is 0 Å². The second-order valence-corrected chi connectivity index (χ2v) is 8.23. The number of carboxylic acids is 1. The summed E-state index contributed by atoms with van der Waals surface area (Å²) in [5.74, 6) is -1.55. The minimum absolute atomic E-state index is 0.232. The van der Waals surface area contributed by atoms with Crippen LogP contribution in [0.1, 0.15) is 36.0 Å². The summed E-state index contributed by atoms with van der Waals surface area (Å²) in [6, 6.07) is 7.38. The van der Waals surface area contributed by atoms with Gasteiger partial charge in [-0.05, 0) is 37.1 Å². The predicted octanol–water partition coefficient (Wildman–Crippen LogP) is 4.90. The van der Waals surface area contributed by atoms with Gasteiger partial charge in [0.15, 0.2) is 11.5 Å². The Labute approximate surface area is 252 Å². The molecule has 0 aliphatic carbocycles. The Hall–Kier alpha value is -5.18. The molecule has 22 heteroatoms. The van der Waals surface area contributed by atoms with Crippen LogP contribution in [0.2, 0.25) is 0 Å². The van der Waals surface area contributed by atoms with Crippen molar-refractivity contribution in [3.8, 4) is 0 Å². The van der Waals surface area contributed by atoms with Gasteiger partial charge in [-0.25, -0.2) is 14.3 Å². The molecule has 0 unspecified atom stereocenters. The molecule has 0 bridgehead atoms. The van der Waals surface area contributed by atoms with E-state index in [0.29, 0.717) is 17.0 Å². The van der Waals surface area contributed by atoms with Gasteiger partial charge in [-0.3, -0.25) is 19.4 Å². The third kappa shape index (κ3) is 15.5. The van der Waals surface area contributed by atoms with E-state index in [4.69, 9.17) is 29.7 Å². The summed E-state index contributed by atoms with van der Waals surface area (Å²) in [6.45, 7) is 1.58. The lowest BCUT2D eigenvalue weighted by atomic mass is 10.2. The first-order valence-corrected chi connectivity index (χ1v) is 12.2. The number of nitrogens with zero attached hydrogens (tertiary/aromatic N) is 5. The maximum absolute atomic E-state index is 12.2. The Morgan fingerprint density at radius 1 is 0.848 bits per heavy atom. The average Bonchev–Trinajstić information content (AvgIpc) is 3.15. The molecule has 46 heavy (non-hydrogen) atoms.